The number of ether oxygens (including phenoxy) is 9. The van der Waals surface area contributed by atoms with E-state index in [-0.39, 0.29) is 0 Å². The SMILES string of the molecule is CC(=O)N[C@H]1[C@H](O[C@@H]2[C@H](O)[C@@H](O)[C@H](O[C@H]3[C@H](O)[C@@H](O)[C@H](O)O[C@@H]3CO)O[C@@H]2CO)O[C@H](CO)[C@@H](O[C@@H]2O[C@H](CO)[C@H](O)[C@H](O)[C@H]2O[C@@H]2O[C@@H](C)[C@@H](O)[C@@H](O)[C@@H]2O)[C@@H]1O. The molecule has 1 amide bonds. The van der Waals surface area contributed by atoms with Gasteiger partial charge in [0.15, 0.2) is 31.5 Å². The van der Waals surface area contributed by atoms with Crippen molar-refractivity contribution in [3.63, 3.8) is 0 Å². The molecule has 0 aliphatic carbocycles. The lowest BCUT2D eigenvalue weighted by molar-refractivity contribution is -0.390. The molecule has 0 bridgehead atoms. The van der Waals surface area contributed by atoms with Crippen molar-refractivity contribution < 1.29 is 124 Å². The molecule has 5 rings (SSSR count). The van der Waals surface area contributed by atoms with Crippen LogP contribution in [-0.4, -0.2) is 262 Å². The molecule has 0 radical (unpaired) electrons. The third-order valence-electron chi connectivity index (χ3n) is 10.7. The fraction of sp³-hybridized carbons (Fsp3) is 0.969. The maximum atomic E-state index is 12.4. The molecule has 25 atom stereocenters. The Kier molecular flexibility index (Phi) is 16.5. The van der Waals surface area contributed by atoms with E-state index in [4.69, 9.17) is 42.6 Å². The van der Waals surface area contributed by atoms with Gasteiger partial charge in [0.05, 0.1) is 32.5 Å². The molecule has 338 valence electrons. The normalized spacial score (nSPS) is 51.6. The molecule has 0 unspecified atom stereocenters. The monoisotopic (exact) mass is 853 g/mol. The summed E-state index contributed by atoms with van der Waals surface area (Å²) in [5, 5.41) is 159. The molecule has 0 aromatic heterocycles. The van der Waals surface area contributed by atoms with E-state index in [0.29, 0.717) is 0 Å². The minimum atomic E-state index is -2.07. The van der Waals surface area contributed by atoms with Crippen LogP contribution in [0.25, 0.3) is 0 Å². The molecule has 5 saturated heterocycles. The highest BCUT2D eigenvalue weighted by Gasteiger charge is 2.56. The summed E-state index contributed by atoms with van der Waals surface area (Å²) >= 11 is 0. The van der Waals surface area contributed by atoms with Crippen molar-refractivity contribution in [1.29, 1.82) is 0 Å². The number of aliphatic hydroxyl groups excluding tert-OH is 15. The maximum Gasteiger partial charge on any atom is 0.217 e. The van der Waals surface area contributed by atoms with E-state index >= 15 is 0 Å². The summed E-state index contributed by atoms with van der Waals surface area (Å²) in [6, 6.07) is -1.68. The number of carbonyl (C=O) groups is 1. The Labute approximate surface area is 329 Å². The fourth-order valence-corrected chi connectivity index (χ4v) is 7.36. The van der Waals surface area contributed by atoms with E-state index in [1.165, 1.54) is 6.92 Å². The Morgan fingerprint density at radius 2 is 0.862 bits per heavy atom. The first-order valence-electron chi connectivity index (χ1n) is 18.5. The molecular formula is C32H55NO25. The number of hydrogen-bond acceptors (Lipinski definition) is 25. The van der Waals surface area contributed by atoms with Gasteiger partial charge in [0.2, 0.25) is 5.91 Å². The van der Waals surface area contributed by atoms with Crippen LogP contribution in [0.4, 0.5) is 0 Å². The first-order chi connectivity index (χ1) is 27.4. The van der Waals surface area contributed by atoms with Crippen molar-refractivity contribution in [3.8, 4) is 0 Å². The Hall–Kier alpha value is -1.49. The average molecular weight is 854 g/mol. The molecule has 26 heteroatoms. The van der Waals surface area contributed by atoms with Gasteiger partial charge in [-0.2, -0.15) is 0 Å². The zero-order valence-electron chi connectivity index (χ0n) is 31.1. The molecule has 0 spiro atoms. The molecule has 0 aromatic carbocycles. The largest absolute Gasteiger partial charge is 0.394 e. The summed E-state index contributed by atoms with van der Waals surface area (Å²) in [7, 11) is 0. The van der Waals surface area contributed by atoms with Crippen LogP contribution in [-0.2, 0) is 47.4 Å². The second-order valence-electron chi connectivity index (χ2n) is 14.7. The number of carbonyl (C=O) groups excluding carboxylic acids is 1. The Balaban J connectivity index is 1.35. The van der Waals surface area contributed by atoms with Gasteiger partial charge in [0.1, 0.15) is 116 Å². The van der Waals surface area contributed by atoms with E-state index in [1.807, 2.05) is 0 Å². The van der Waals surface area contributed by atoms with E-state index < -0.39 is 186 Å². The predicted molar refractivity (Wildman–Crippen MR) is 177 cm³/mol. The lowest BCUT2D eigenvalue weighted by atomic mass is 9.94. The summed E-state index contributed by atoms with van der Waals surface area (Å²) in [6.07, 6.45) is -42.6. The summed E-state index contributed by atoms with van der Waals surface area (Å²) in [6.45, 7) is -1.27. The van der Waals surface area contributed by atoms with E-state index in [2.05, 4.69) is 5.32 Å². The summed E-state index contributed by atoms with van der Waals surface area (Å²) in [5.74, 6) is -0.790. The van der Waals surface area contributed by atoms with Gasteiger partial charge < -0.3 is 125 Å². The average Bonchev–Trinajstić information content (AvgIpc) is 3.19. The zero-order chi connectivity index (χ0) is 42.9. The van der Waals surface area contributed by atoms with Gasteiger partial charge in [-0.15, -0.1) is 0 Å². The van der Waals surface area contributed by atoms with E-state index in [9.17, 15) is 81.4 Å². The molecule has 0 saturated carbocycles. The Bertz CT molecular complexity index is 1300. The van der Waals surface area contributed by atoms with E-state index in [0.717, 1.165) is 6.92 Å². The smallest absolute Gasteiger partial charge is 0.217 e. The minimum Gasteiger partial charge on any atom is -0.394 e. The van der Waals surface area contributed by atoms with Gasteiger partial charge >= 0.3 is 0 Å². The molecule has 5 aliphatic rings. The van der Waals surface area contributed by atoms with Gasteiger partial charge in [0.25, 0.3) is 0 Å². The summed E-state index contributed by atoms with van der Waals surface area (Å²) < 4.78 is 50.6. The molecule has 26 nitrogen and oxygen atoms in total. The van der Waals surface area contributed by atoms with Crippen LogP contribution >= 0.6 is 0 Å². The van der Waals surface area contributed by atoms with Crippen molar-refractivity contribution in [2.45, 2.75) is 167 Å². The molecule has 16 N–H and O–H groups in total. The summed E-state index contributed by atoms with van der Waals surface area (Å²) in [5.41, 5.74) is 0. The Morgan fingerprint density at radius 3 is 1.43 bits per heavy atom. The lowest BCUT2D eigenvalue weighted by Gasteiger charge is -2.50. The first-order valence-corrected chi connectivity index (χ1v) is 18.5. The van der Waals surface area contributed by atoms with Crippen molar-refractivity contribution in [1.82, 2.24) is 5.32 Å². The number of nitrogens with one attached hydrogen (secondary N) is 1. The Morgan fingerprint density at radius 1 is 0.448 bits per heavy atom. The standard InChI is InChI=1S/C32H55NO25/c1-7-14(39)17(42)22(47)30(50-7)58-27-18(43)15(40)9(3-34)52-32(27)57-24-11(5-36)53-29(13(16(24)41)33-8(2)38)55-26-12(6-37)54-31(23(48)20(26)45)56-25-10(4-35)51-28(49)21(46)19(25)44/h7,9-32,34-37,39-49H,3-6H2,1-2H3,(H,33,38)/t7-,9+,10+,11+,12+,13+,14+,15-,16+,17+,18-,19+,20+,21+,22-,23+,24+,25+,26-,27+,28+,29-,30-,31-,32-/m0/s1. The van der Waals surface area contributed by atoms with Gasteiger partial charge in [-0.05, 0) is 6.92 Å². The van der Waals surface area contributed by atoms with Crippen molar-refractivity contribution in [2.75, 3.05) is 26.4 Å². The highest BCUT2D eigenvalue weighted by molar-refractivity contribution is 5.73. The summed E-state index contributed by atoms with van der Waals surface area (Å²) in [4.78, 5) is 12.4. The number of aliphatic hydroxyl groups is 15. The second-order valence-corrected chi connectivity index (χ2v) is 14.7. The van der Waals surface area contributed by atoms with Crippen LogP contribution in [0.3, 0.4) is 0 Å². The number of hydrogen-bond donors (Lipinski definition) is 16. The highest BCUT2D eigenvalue weighted by atomic mass is 16.8. The third-order valence-corrected chi connectivity index (χ3v) is 10.7. The van der Waals surface area contributed by atoms with Gasteiger partial charge in [-0.3, -0.25) is 4.79 Å². The van der Waals surface area contributed by atoms with Crippen LogP contribution in [0, 0.1) is 0 Å². The molecule has 58 heavy (non-hydrogen) atoms. The second kappa shape index (κ2) is 20.1. The van der Waals surface area contributed by atoms with Gasteiger partial charge in [-0.25, -0.2) is 0 Å². The van der Waals surface area contributed by atoms with Crippen molar-refractivity contribution in [3.05, 3.63) is 0 Å². The topological polar surface area (TPSA) is 416 Å². The first kappa shape index (κ1) is 47.6. The van der Waals surface area contributed by atoms with E-state index in [1.54, 1.807) is 0 Å². The van der Waals surface area contributed by atoms with Crippen LogP contribution in [0.5, 0.6) is 0 Å². The van der Waals surface area contributed by atoms with Crippen LogP contribution in [0.2, 0.25) is 0 Å². The zero-order valence-corrected chi connectivity index (χ0v) is 31.1. The van der Waals surface area contributed by atoms with Crippen LogP contribution in [0.1, 0.15) is 13.8 Å². The number of amides is 1. The van der Waals surface area contributed by atoms with Gasteiger partial charge in [0, 0.05) is 6.92 Å². The van der Waals surface area contributed by atoms with Crippen molar-refractivity contribution in [2.24, 2.45) is 0 Å². The molecule has 5 aliphatic heterocycles. The van der Waals surface area contributed by atoms with Crippen molar-refractivity contribution >= 4 is 5.91 Å². The predicted octanol–water partition coefficient (Wildman–Crippen LogP) is -10.8. The quantitative estimate of drug-likeness (QED) is 0.0818. The molecule has 0 aromatic rings. The van der Waals surface area contributed by atoms with Crippen LogP contribution < -0.4 is 5.32 Å². The lowest BCUT2D eigenvalue weighted by Crippen LogP contribution is -2.70. The molecule has 5 heterocycles. The van der Waals surface area contributed by atoms with Crippen LogP contribution in [0.15, 0.2) is 0 Å². The highest BCUT2D eigenvalue weighted by Crippen LogP contribution is 2.36. The maximum absolute atomic E-state index is 12.4. The molecule has 5 fully saturated rings. The third kappa shape index (κ3) is 9.75. The fourth-order valence-electron chi connectivity index (χ4n) is 7.36. The molecular weight excluding hydrogens is 798 g/mol. The number of rotatable bonds is 13. The van der Waals surface area contributed by atoms with Gasteiger partial charge in [-0.1, -0.05) is 0 Å². The minimum absolute atomic E-state index is 0.790.